The van der Waals surface area contributed by atoms with E-state index in [1.807, 2.05) is 6.92 Å². The summed E-state index contributed by atoms with van der Waals surface area (Å²) in [5.41, 5.74) is 2.55. The number of halogens is 2. The first-order valence-electron chi connectivity index (χ1n) is 2.83. The van der Waals surface area contributed by atoms with Crippen LogP contribution in [0.4, 0.5) is 0 Å². The maximum absolute atomic E-state index is 5.63. The van der Waals surface area contributed by atoms with Crippen LogP contribution in [0, 0.1) is 0 Å². The Kier molecular flexibility index (Phi) is 6.39. The molecule has 0 saturated carbocycles. The van der Waals surface area contributed by atoms with Crippen molar-refractivity contribution in [3.05, 3.63) is 22.7 Å². The smallest absolute Gasteiger partial charge is 0.0392 e. The third-order valence-corrected chi connectivity index (χ3v) is 2.70. The fourth-order valence-electron chi connectivity index (χ4n) is 0.354. The summed E-state index contributed by atoms with van der Waals surface area (Å²) in [7, 11) is 0. The molecular formula is C7H10Cl2S. The SMILES string of the molecule is C=C(C)CSC/C(Cl)=C/Cl. The molecule has 0 heterocycles. The quantitative estimate of drug-likeness (QED) is 0.620. The molecule has 0 nitrogen and oxygen atoms in total. The van der Waals surface area contributed by atoms with E-state index in [1.54, 1.807) is 11.8 Å². The molecule has 0 atom stereocenters. The van der Waals surface area contributed by atoms with Crippen LogP contribution < -0.4 is 0 Å². The molecule has 3 heteroatoms. The van der Waals surface area contributed by atoms with Crippen LogP contribution in [0.1, 0.15) is 6.92 Å². The lowest BCUT2D eigenvalue weighted by molar-refractivity contribution is 1.43. The van der Waals surface area contributed by atoms with Gasteiger partial charge in [0.05, 0.1) is 0 Å². The summed E-state index contributed by atoms with van der Waals surface area (Å²) in [4.78, 5) is 0. The summed E-state index contributed by atoms with van der Waals surface area (Å²) >= 11 is 12.7. The molecule has 0 aliphatic heterocycles. The van der Waals surface area contributed by atoms with Crippen molar-refractivity contribution < 1.29 is 0 Å². The lowest BCUT2D eigenvalue weighted by Gasteiger charge is -1.97. The first-order chi connectivity index (χ1) is 4.66. The number of hydrogen-bond acceptors (Lipinski definition) is 1. The van der Waals surface area contributed by atoms with Gasteiger partial charge in [0.2, 0.25) is 0 Å². The van der Waals surface area contributed by atoms with Crippen LogP contribution >= 0.6 is 35.0 Å². The van der Waals surface area contributed by atoms with E-state index in [0.717, 1.165) is 17.1 Å². The molecule has 0 saturated heterocycles. The van der Waals surface area contributed by atoms with Gasteiger partial charge in [0.15, 0.2) is 0 Å². The van der Waals surface area contributed by atoms with Crippen molar-refractivity contribution in [2.45, 2.75) is 6.92 Å². The Bertz CT molecular complexity index is 141. The zero-order valence-corrected chi connectivity index (χ0v) is 8.19. The fraction of sp³-hybridized carbons (Fsp3) is 0.429. The Morgan fingerprint density at radius 3 is 2.60 bits per heavy atom. The highest BCUT2D eigenvalue weighted by atomic mass is 35.5. The highest BCUT2D eigenvalue weighted by molar-refractivity contribution is 7.99. The summed E-state index contributed by atoms with van der Waals surface area (Å²) in [5, 5.41) is 0.688. The first kappa shape index (κ1) is 10.4. The molecule has 0 N–H and O–H groups in total. The number of thioether (sulfide) groups is 1. The highest BCUT2D eigenvalue weighted by Gasteiger charge is 1.91. The van der Waals surface area contributed by atoms with Crippen LogP contribution in [0.15, 0.2) is 22.7 Å². The van der Waals surface area contributed by atoms with Crippen molar-refractivity contribution in [3.63, 3.8) is 0 Å². The Morgan fingerprint density at radius 2 is 2.20 bits per heavy atom. The minimum absolute atomic E-state index is 0.688. The van der Waals surface area contributed by atoms with Gasteiger partial charge in [-0.1, -0.05) is 35.4 Å². The van der Waals surface area contributed by atoms with E-state index in [1.165, 1.54) is 5.54 Å². The largest absolute Gasteiger partial charge is 0.152 e. The second-order valence-electron chi connectivity index (χ2n) is 2.01. The van der Waals surface area contributed by atoms with Gasteiger partial charge >= 0.3 is 0 Å². The zero-order valence-electron chi connectivity index (χ0n) is 5.86. The van der Waals surface area contributed by atoms with Gasteiger partial charge in [-0.15, -0.1) is 0 Å². The van der Waals surface area contributed by atoms with E-state index in [9.17, 15) is 0 Å². The van der Waals surface area contributed by atoms with Gasteiger partial charge in [-0.2, -0.15) is 11.8 Å². The molecule has 0 unspecified atom stereocenters. The van der Waals surface area contributed by atoms with E-state index >= 15 is 0 Å². The Hall–Kier alpha value is 0.410. The lowest BCUT2D eigenvalue weighted by atomic mass is 10.4. The van der Waals surface area contributed by atoms with Gasteiger partial charge < -0.3 is 0 Å². The molecule has 0 rings (SSSR count). The van der Waals surface area contributed by atoms with Gasteiger partial charge in [-0.05, 0) is 6.92 Å². The van der Waals surface area contributed by atoms with Crippen molar-refractivity contribution in [1.29, 1.82) is 0 Å². The van der Waals surface area contributed by atoms with Crippen molar-refractivity contribution >= 4 is 35.0 Å². The van der Waals surface area contributed by atoms with Gasteiger partial charge in [0.25, 0.3) is 0 Å². The average Bonchev–Trinajstić information content (AvgIpc) is 1.87. The van der Waals surface area contributed by atoms with Crippen LogP contribution in [0.2, 0.25) is 0 Å². The molecule has 0 aromatic carbocycles. The molecule has 0 bridgehead atoms. The number of rotatable bonds is 4. The summed E-state index contributed by atoms with van der Waals surface area (Å²) in [6, 6.07) is 0. The first-order valence-corrected chi connectivity index (χ1v) is 4.80. The monoisotopic (exact) mass is 196 g/mol. The lowest BCUT2D eigenvalue weighted by Crippen LogP contribution is -1.82. The van der Waals surface area contributed by atoms with E-state index in [0.29, 0.717) is 5.03 Å². The van der Waals surface area contributed by atoms with E-state index in [-0.39, 0.29) is 0 Å². The minimum atomic E-state index is 0.688. The van der Waals surface area contributed by atoms with Crippen LogP contribution in [0.25, 0.3) is 0 Å². The van der Waals surface area contributed by atoms with Gasteiger partial charge in [0, 0.05) is 22.1 Å². The molecular weight excluding hydrogens is 187 g/mol. The van der Waals surface area contributed by atoms with Crippen molar-refractivity contribution in [1.82, 2.24) is 0 Å². The summed E-state index contributed by atoms with van der Waals surface area (Å²) in [5.74, 6) is 1.72. The van der Waals surface area contributed by atoms with Crippen LogP contribution in [0.3, 0.4) is 0 Å². The second-order valence-corrected chi connectivity index (χ2v) is 3.70. The highest BCUT2D eigenvalue weighted by Crippen LogP contribution is 2.14. The molecule has 10 heavy (non-hydrogen) atoms. The Balaban J connectivity index is 3.29. The Morgan fingerprint density at radius 1 is 1.60 bits per heavy atom. The normalized spacial score (nSPS) is 11.7. The second kappa shape index (κ2) is 6.14. The van der Waals surface area contributed by atoms with Crippen LogP contribution in [-0.4, -0.2) is 11.5 Å². The topological polar surface area (TPSA) is 0 Å². The van der Waals surface area contributed by atoms with E-state index in [2.05, 4.69) is 6.58 Å². The van der Waals surface area contributed by atoms with Gasteiger partial charge in [-0.25, -0.2) is 0 Å². The van der Waals surface area contributed by atoms with E-state index < -0.39 is 0 Å². The summed E-state index contributed by atoms with van der Waals surface area (Å²) in [6.07, 6.45) is 0. The fourth-order valence-corrected chi connectivity index (χ4v) is 1.48. The predicted molar refractivity (Wildman–Crippen MR) is 51.9 cm³/mol. The summed E-state index contributed by atoms with van der Waals surface area (Å²) in [6.45, 7) is 5.75. The Labute approximate surface area is 76.3 Å². The molecule has 0 fully saturated rings. The summed E-state index contributed by atoms with van der Waals surface area (Å²) < 4.78 is 0. The maximum Gasteiger partial charge on any atom is 0.0392 e. The zero-order chi connectivity index (χ0) is 7.98. The van der Waals surface area contributed by atoms with Gasteiger partial charge in [-0.3, -0.25) is 0 Å². The molecule has 0 aliphatic carbocycles. The van der Waals surface area contributed by atoms with Gasteiger partial charge in [0.1, 0.15) is 0 Å². The molecule has 58 valence electrons. The minimum Gasteiger partial charge on any atom is -0.152 e. The molecule has 0 aromatic rings. The molecule has 0 amide bonds. The standard InChI is InChI=1S/C7H10Cl2S/c1-6(2)4-10-5-7(9)3-8/h3H,1,4-5H2,2H3/b7-3-. The molecule has 0 spiro atoms. The van der Waals surface area contributed by atoms with Crippen LogP contribution in [0.5, 0.6) is 0 Å². The van der Waals surface area contributed by atoms with E-state index in [4.69, 9.17) is 23.2 Å². The maximum atomic E-state index is 5.63. The number of hydrogen-bond donors (Lipinski definition) is 0. The van der Waals surface area contributed by atoms with Crippen LogP contribution in [-0.2, 0) is 0 Å². The predicted octanol–water partition coefficient (Wildman–Crippen LogP) is 3.61. The third-order valence-electron chi connectivity index (χ3n) is 0.707. The van der Waals surface area contributed by atoms with Crippen molar-refractivity contribution in [3.8, 4) is 0 Å². The molecule has 0 aromatic heterocycles. The third kappa shape index (κ3) is 6.53. The molecule has 0 radical (unpaired) electrons. The van der Waals surface area contributed by atoms with Crippen molar-refractivity contribution in [2.24, 2.45) is 0 Å². The van der Waals surface area contributed by atoms with Crippen molar-refractivity contribution in [2.75, 3.05) is 11.5 Å². The average molecular weight is 197 g/mol. The molecule has 0 aliphatic rings.